The molecule has 0 unspecified atom stereocenters. The quantitative estimate of drug-likeness (QED) is 0.301. The summed E-state index contributed by atoms with van der Waals surface area (Å²) in [6, 6.07) is 0. The molecule has 0 aromatic carbocycles. The predicted molar refractivity (Wildman–Crippen MR) is 29.2 cm³/mol. The minimum absolute atomic E-state index is 0. The molecule has 0 atom stereocenters. The molecule has 0 aliphatic carbocycles. The van der Waals surface area contributed by atoms with Gasteiger partial charge in [0.05, 0.1) is 0 Å². The Bertz CT molecular complexity index is 93.0. The second kappa shape index (κ2) is 30.3. The Morgan fingerprint density at radius 2 is 0.750 bits per heavy atom. The summed E-state index contributed by atoms with van der Waals surface area (Å²) in [6.07, 6.45) is 0. The SMILES string of the molecule is O.O.O.O.O.O=S(=O)([O-])[O-].[O-2].[V+4]. The summed E-state index contributed by atoms with van der Waals surface area (Å²) in [6.45, 7) is 0. The van der Waals surface area contributed by atoms with Gasteiger partial charge in [-0.1, -0.05) is 0 Å². The van der Waals surface area contributed by atoms with Gasteiger partial charge in [-0.25, -0.2) is 0 Å². The summed E-state index contributed by atoms with van der Waals surface area (Å²) in [5.74, 6) is 0. The van der Waals surface area contributed by atoms with Crippen LogP contribution >= 0.6 is 0 Å². The molecule has 10 nitrogen and oxygen atoms in total. The molecule has 81 valence electrons. The molecular weight excluding hydrogens is 243 g/mol. The van der Waals surface area contributed by atoms with Crippen LogP contribution in [0.1, 0.15) is 0 Å². The average Bonchev–Trinajstić information content (AvgIpc) is 0.722. The zero-order valence-corrected chi connectivity index (χ0v) is 7.61. The van der Waals surface area contributed by atoms with E-state index < -0.39 is 10.4 Å². The van der Waals surface area contributed by atoms with Crippen LogP contribution in [-0.4, -0.2) is 44.9 Å². The van der Waals surface area contributed by atoms with Crippen molar-refractivity contribution in [3.8, 4) is 0 Å². The van der Waals surface area contributed by atoms with Crippen molar-refractivity contribution in [2.75, 3.05) is 0 Å². The Hall–Kier alpha value is 0.214. The van der Waals surface area contributed by atoms with Crippen molar-refractivity contribution in [2.45, 2.75) is 0 Å². The van der Waals surface area contributed by atoms with Crippen LogP contribution in [0.5, 0.6) is 0 Å². The third-order valence-electron chi connectivity index (χ3n) is 0. The average molecular weight is 253 g/mol. The number of rotatable bonds is 0. The zero-order valence-electron chi connectivity index (χ0n) is 5.40. The van der Waals surface area contributed by atoms with Gasteiger partial charge >= 0.3 is 18.6 Å². The predicted octanol–water partition coefficient (Wildman–Crippen LogP) is -5.58. The molecule has 12 heteroatoms. The van der Waals surface area contributed by atoms with Gasteiger partial charge < -0.3 is 42.0 Å². The van der Waals surface area contributed by atoms with Gasteiger partial charge in [0, 0.05) is 10.4 Å². The van der Waals surface area contributed by atoms with Gasteiger partial charge in [0.1, 0.15) is 0 Å². The van der Waals surface area contributed by atoms with Crippen LogP contribution in [0.15, 0.2) is 0 Å². The Balaban J connectivity index is -0.00000000381. The number of hydrogen-bond acceptors (Lipinski definition) is 4. The van der Waals surface area contributed by atoms with Crippen LogP contribution < -0.4 is 0 Å². The monoisotopic (exact) mass is 253 g/mol. The molecule has 0 fully saturated rings. The normalized spacial score (nSPS) is 4.83. The molecule has 0 saturated carbocycles. The minimum Gasteiger partial charge on any atom is -2.00 e. The second-order valence-electron chi connectivity index (χ2n) is 0.408. The van der Waals surface area contributed by atoms with Gasteiger partial charge in [0.2, 0.25) is 0 Å². The maximum absolute atomic E-state index is 8.52. The van der Waals surface area contributed by atoms with Gasteiger partial charge in [-0.2, -0.15) is 0 Å². The molecular formula is H10O10SV. The summed E-state index contributed by atoms with van der Waals surface area (Å²) >= 11 is 0. The molecule has 0 heterocycles. The van der Waals surface area contributed by atoms with E-state index in [1.807, 2.05) is 0 Å². The van der Waals surface area contributed by atoms with Crippen molar-refractivity contribution < 1.29 is 68.9 Å². The molecule has 0 amide bonds. The largest absolute Gasteiger partial charge is 4.00 e. The van der Waals surface area contributed by atoms with E-state index in [1.165, 1.54) is 0 Å². The maximum Gasteiger partial charge on any atom is 4.00 e. The Labute approximate surface area is 79.9 Å². The molecule has 0 bridgehead atoms. The van der Waals surface area contributed by atoms with E-state index in [0.29, 0.717) is 0 Å². The standard InChI is InChI=1S/H2O4S.5H2O.O.V/c1-5(2,3)4;;;;;;;/h(H2,1,2,3,4);5*1H2;;/q;;;;;;-2;+4/p-2. The van der Waals surface area contributed by atoms with E-state index in [0.717, 1.165) is 0 Å². The topological polar surface area (TPSA) is 266 Å². The molecule has 0 saturated heterocycles. The molecule has 0 spiro atoms. The van der Waals surface area contributed by atoms with E-state index in [1.54, 1.807) is 0 Å². The van der Waals surface area contributed by atoms with E-state index in [9.17, 15) is 0 Å². The molecule has 10 N–H and O–H groups in total. The van der Waals surface area contributed by atoms with Crippen molar-refractivity contribution in [3.63, 3.8) is 0 Å². The smallest absolute Gasteiger partial charge is 2.00 e. The fourth-order valence-electron chi connectivity index (χ4n) is 0. The first-order valence-electron chi connectivity index (χ1n) is 0.667. The van der Waals surface area contributed by atoms with Gasteiger partial charge in [-0.3, -0.25) is 8.42 Å². The maximum atomic E-state index is 8.52. The Morgan fingerprint density at radius 3 is 0.750 bits per heavy atom. The van der Waals surface area contributed by atoms with E-state index in [2.05, 4.69) is 0 Å². The fourth-order valence-corrected chi connectivity index (χ4v) is 0. The first kappa shape index (κ1) is 86.5. The van der Waals surface area contributed by atoms with Crippen LogP contribution in [0.4, 0.5) is 0 Å². The molecule has 0 aliphatic heterocycles. The van der Waals surface area contributed by atoms with Gasteiger partial charge in [-0.15, -0.1) is 0 Å². The van der Waals surface area contributed by atoms with Crippen molar-refractivity contribution in [1.82, 2.24) is 0 Å². The summed E-state index contributed by atoms with van der Waals surface area (Å²) in [5, 5.41) is 0. The van der Waals surface area contributed by atoms with Crippen LogP contribution in [0.2, 0.25) is 0 Å². The van der Waals surface area contributed by atoms with Crippen LogP contribution in [0.25, 0.3) is 0 Å². The van der Waals surface area contributed by atoms with Crippen LogP contribution in [0, 0.1) is 0 Å². The molecule has 12 heavy (non-hydrogen) atoms. The van der Waals surface area contributed by atoms with Crippen molar-refractivity contribution in [1.29, 1.82) is 0 Å². The minimum atomic E-state index is -5.17. The Kier molecular flexibility index (Phi) is 218. The molecule has 0 aromatic rings. The third-order valence-corrected chi connectivity index (χ3v) is 0. The van der Waals surface area contributed by atoms with Crippen LogP contribution in [-0.2, 0) is 34.4 Å². The molecule has 1 radical (unpaired) electrons. The van der Waals surface area contributed by atoms with E-state index in [4.69, 9.17) is 17.5 Å². The zero-order chi connectivity index (χ0) is 4.50. The van der Waals surface area contributed by atoms with Gasteiger partial charge in [0.15, 0.2) is 0 Å². The van der Waals surface area contributed by atoms with Crippen molar-refractivity contribution in [3.05, 3.63) is 0 Å². The van der Waals surface area contributed by atoms with Gasteiger partial charge in [0.25, 0.3) is 0 Å². The first-order valence-corrected chi connectivity index (χ1v) is 2.00. The summed E-state index contributed by atoms with van der Waals surface area (Å²) < 4.78 is 34.1. The first-order chi connectivity index (χ1) is 2.00. The summed E-state index contributed by atoms with van der Waals surface area (Å²) in [7, 11) is -5.17. The van der Waals surface area contributed by atoms with Crippen LogP contribution in [0.3, 0.4) is 0 Å². The molecule has 0 rings (SSSR count). The van der Waals surface area contributed by atoms with E-state index >= 15 is 0 Å². The number of hydrogen-bond donors (Lipinski definition) is 0. The third kappa shape index (κ3) is 18900. The fraction of sp³-hybridized carbons (Fsp3) is 0. The molecule has 0 aliphatic rings. The van der Waals surface area contributed by atoms with Crippen molar-refractivity contribution in [2.24, 2.45) is 0 Å². The second-order valence-corrected chi connectivity index (χ2v) is 1.22. The van der Waals surface area contributed by atoms with Crippen molar-refractivity contribution >= 4 is 10.4 Å². The van der Waals surface area contributed by atoms with E-state index in [-0.39, 0.29) is 51.4 Å². The summed E-state index contributed by atoms with van der Waals surface area (Å²) in [5.41, 5.74) is 0. The summed E-state index contributed by atoms with van der Waals surface area (Å²) in [4.78, 5) is 0. The van der Waals surface area contributed by atoms with Gasteiger partial charge in [-0.05, 0) is 0 Å². The Morgan fingerprint density at radius 1 is 0.750 bits per heavy atom. The molecule has 0 aromatic heterocycles.